The van der Waals surface area contributed by atoms with E-state index in [-0.39, 0.29) is 12.2 Å². The molecule has 0 saturated heterocycles. The van der Waals surface area contributed by atoms with Crippen molar-refractivity contribution in [3.05, 3.63) is 59.2 Å². The van der Waals surface area contributed by atoms with Gasteiger partial charge in [-0.2, -0.15) is 13.2 Å². The maximum Gasteiger partial charge on any atom is 0.416 e. The third-order valence-corrected chi connectivity index (χ3v) is 4.83. The van der Waals surface area contributed by atoms with Gasteiger partial charge >= 0.3 is 12.1 Å². The Morgan fingerprint density at radius 2 is 1.85 bits per heavy atom. The van der Waals surface area contributed by atoms with E-state index in [9.17, 15) is 18.0 Å². The SMILES string of the molecule is CCOC(=O)c1cnc(CC2(c3ccccc3C(F)(F)F)CCC2)nc1. The van der Waals surface area contributed by atoms with Gasteiger partial charge in [-0.15, -0.1) is 0 Å². The Morgan fingerprint density at radius 1 is 1.19 bits per heavy atom. The summed E-state index contributed by atoms with van der Waals surface area (Å²) in [6, 6.07) is 5.72. The average molecular weight is 364 g/mol. The molecule has 0 N–H and O–H groups in total. The second-order valence-corrected chi connectivity index (χ2v) is 6.46. The molecule has 0 bridgehead atoms. The Balaban J connectivity index is 1.87. The predicted molar refractivity (Wildman–Crippen MR) is 88.7 cm³/mol. The number of hydrogen-bond acceptors (Lipinski definition) is 4. The number of rotatable bonds is 5. The van der Waals surface area contributed by atoms with E-state index in [1.165, 1.54) is 18.5 Å². The van der Waals surface area contributed by atoms with E-state index in [0.29, 0.717) is 30.7 Å². The summed E-state index contributed by atoms with van der Waals surface area (Å²) in [6.45, 7) is 1.95. The van der Waals surface area contributed by atoms with Crippen LogP contribution in [0.4, 0.5) is 13.2 Å². The van der Waals surface area contributed by atoms with Gasteiger partial charge in [0.05, 0.1) is 17.7 Å². The van der Waals surface area contributed by atoms with E-state index < -0.39 is 23.1 Å². The number of carbonyl (C=O) groups is 1. The maximum absolute atomic E-state index is 13.4. The molecule has 26 heavy (non-hydrogen) atoms. The number of benzene rings is 1. The zero-order chi connectivity index (χ0) is 18.8. The number of esters is 1. The zero-order valence-corrected chi connectivity index (χ0v) is 14.3. The number of nitrogens with zero attached hydrogens (tertiary/aromatic N) is 2. The number of halogens is 3. The summed E-state index contributed by atoms with van der Waals surface area (Å²) in [6.07, 6.45) is 0.820. The third-order valence-electron chi connectivity index (χ3n) is 4.83. The second kappa shape index (κ2) is 7.05. The van der Waals surface area contributed by atoms with Crippen LogP contribution in [0, 0.1) is 0 Å². The van der Waals surface area contributed by atoms with Crippen LogP contribution in [-0.4, -0.2) is 22.5 Å². The lowest BCUT2D eigenvalue weighted by Crippen LogP contribution is -2.39. The standard InChI is InChI=1S/C19H19F3N2O2/c1-2-26-17(25)13-11-23-16(24-12-13)10-18(8-5-9-18)14-6-3-4-7-15(14)19(20,21)22/h3-4,6-7,11-12H,2,5,8-10H2,1H3. The van der Waals surface area contributed by atoms with Crippen molar-refractivity contribution in [2.24, 2.45) is 0 Å². The van der Waals surface area contributed by atoms with E-state index in [1.807, 2.05) is 0 Å². The van der Waals surface area contributed by atoms with Crippen molar-refractivity contribution in [2.75, 3.05) is 6.61 Å². The minimum atomic E-state index is -4.40. The molecule has 1 saturated carbocycles. The first kappa shape index (κ1) is 18.4. The van der Waals surface area contributed by atoms with Crippen LogP contribution in [0.3, 0.4) is 0 Å². The summed E-state index contributed by atoms with van der Waals surface area (Å²) < 4.78 is 45.1. The Kier molecular flexibility index (Phi) is 4.98. The molecule has 0 unspecified atom stereocenters. The van der Waals surface area contributed by atoms with Crippen molar-refractivity contribution in [2.45, 2.75) is 44.2 Å². The minimum Gasteiger partial charge on any atom is -0.462 e. The smallest absolute Gasteiger partial charge is 0.416 e. The number of hydrogen-bond donors (Lipinski definition) is 0. The number of alkyl halides is 3. The molecule has 3 rings (SSSR count). The quantitative estimate of drug-likeness (QED) is 0.741. The third kappa shape index (κ3) is 3.57. The molecule has 1 heterocycles. The van der Waals surface area contributed by atoms with E-state index >= 15 is 0 Å². The predicted octanol–water partition coefficient (Wildman–Crippen LogP) is 4.34. The van der Waals surface area contributed by atoms with Gasteiger partial charge in [0.1, 0.15) is 5.82 Å². The molecule has 4 nitrogen and oxygen atoms in total. The van der Waals surface area contributed by atoms with Crippen LogP contribution < -0.4 is 0 Å². The van der Waals surface area contributed by atoms with Gasteiger partial charge in [-0.25, -0.2) is 14.8 Å². The number of ether oxygens (including phenoxy) is 1. The van der Waals surface area contributed by atoms with Gasteiger partial charge < -0.3 is 4.74 Å². The summed E-state index contributed by atoms with van der Waals surface area (Å²) in [5.74, 6) is -0.0884. The van der Waals surface area contributed by atoms with Crippen molar-refractivity contribution in [1.82, 2.24) is 9.97 Å². The molecule has 0 radical (unpaired) electrons. The molecule has 0 atom stereocenters. The van der Waals surface area contributed by atoms with Crippen LogP contribution in [-0.2, 0) is 22.7 Å². The minimum absolute atomic E-state index is 0.231. The van der Waals surface area contributed by atoms with Crippen LogP contribution in [0.1, 0.15) is 53.5 Å². The fourth-order valence-electron chi connectivity index (χ4n) is 3.41. The van der Waals surface area contributed by atoms with Crippen molar-refractivity contribution < 1.29 is 22.7 Å². The van der Waals surface area contributed by atoms with Gasteiger partial charge in [0.15, 0.2) is 0 Å². The average Bonchev–Trinajstić information content (AvgIpc) is 2.58. The molecule has 1 aromatic carbocycles. The normalized spacial score (nSPS) is 16.0. The first-order valence-corrected chi connectivity index (χ1v) is 8.50. The van der Waals surface area contributed by atoms with Crippen LogP contribution in [0.2, 0.25) is 0 Å². The highest BCUT2D eigenvalue weighted by molar-refractivity contribution is 5.88. The highest BCUT2D eigenvalue weighted by atomic mass is 19.4. The molecular weight excluding hydrogens is 345 g/mol. The van der Waals surface area contributed by atoms with E-state index in [1.54, 1.807) is 19.1 Å². The van der Waals surface area contributed by atoms with E-state index in [0.717, 1.165) is 12.5 Å². The monoisotopic (exact) mass is 364 g/mol. The first-order valence-electron chi connectivity index (χ1n) is 8.50. The molecular formula is C19H19F3N2O2. The van der Waals surface area contributed by atoms with E-state index in [4.69, 9.17) is 4.74 Å². The Bertz CT molecular complexity index is 784. The zero-order valence-electron chi connectivity index (χ0n) is 14.3. The topological polar surface area (TPSA) is 52.1 Å². The summed E-state index contributed by atoms with van der Waals surface area (Å²) in [5.41, 5.74) is -0.675. The lowest BCUT2D eigenvalue weighted by molar-refractivity contribution is -0.139. The molecule has 2 aromatic rings. The molecule has 0 amide bonds. The fourth-order valence-corrected chi connectivity index (χ4v) is 3.41. The maximum atomic E-state index is 13.4. The van der Waals surface area contributed by atoms with Gasteiger partial charge in [0.2, 0.25) is 0 Å². The molecule has 0 spiro atoms. The van der Waals surface area contributed by atoms with Gasteiger partial charge in [0.25, 0.3) is 0 Å². The highest BCUT2D eigenvalue weighted by Gasteiger charge is 2.45. The van der Waals surface area contributed by atoms with Crippen LogP contribution in [0.25, 0.3) is 0 Å². The van der Waals surface area contributed by atoms with Crippen LogP contribution >= 0.6 is 0 Å². The summed E-state index contributed by atoms with van der Waals surface area (Å²) in [7, 11) is 0. The number of aromatic nitrogens is 2. The van der Waals surface area contributed by atoms with Gasteiger partial charge in [0, 0.05) is 24.2 Å². The molecule has 1 fully saturated rings. The lowest BCUT2D eigenvalue weighted by Gasteiger charge is -2.43. The highest BCUT2D eigenvalue weighted by Crippen LogP contribution is 2.49. The Hall–Kier alpha value is -2.44. The van der Waals surface area contributed by atoms with Crippen molar-refractivity contribution in [3.8, 4) is 0 Å². The van der Waals surface area contributed by atoms with Gasteiger partial charge in [-0.1, -0.05) is 24.6 Å². The van der Waals surface area contributed by atoms with Crippen molar-refractivity contribution >= 4 is 5.97 Å². The fraction of sp³-hybridized carbons (Fsp3) is 0.421. The molecule has 0 aliphatic heterocycles. The lowest BCUT2D eigenvalue weighted by atomic mass is 9.61. The summed E-state index contributed by atoms with van der Waals surface area (Å²) in [4.78, 5) is 20.0. The second-order valence-electron chi connectivity index (χ2n) is 6.46. The Labute approximate surface area is 149 Å². The molecule has 1 aliphatic carbocycles. The van der Waals surface area contributed by atoms with Crippen LogP contribution in [0.5, 0.6) is 0 Å². The summed E-state index contributed by atoms with van der Waals surface area (Å²) in [5, 5.41) is 0. The molecule has 7 heteroatoms. The Morgan fingerprint density at radius 3 is 2.38 bits per heavy atom. The molecule has 1 aromatic heterocycles. The van der Waals surface area contributed by atoms with Gasteiger partial charge in [-0.05, 0) is 31.4 Å². The molecule has 138 valence electrons. The largest absolute Gasteiger partial charge is 0.462 e. The van der Waals surface area contributed by atoms with E-state index in [2.05, 4.69) is 9.97 Å². The van der Waals surface area contributed by atoms with Crippen molar-refractivity contribution in [3.63, 3.8) is 0 Å². The molecule has 1 aliphatic rings. The number of carbonyl (C=O) groups excluding carboxylic acids is 1. The van der Waals surface area contributed by atoms with Gasteiger partial charge in [-0.3, -0.25) is 0 Å². The summed E-state index contributed by atoms with van der Waals surface area (Å²) >= 11 is 0. The van der Waals surface area contributed by atoms with Crippen LogP contribution in [0.15, 0.2) is 36.7 Å². The van der Waals surface area contributed by atoms with Crippen molar-refractivity contribution in [1.29, 1.82) is 0 Å². The first-order chi connectivity index (χ1) is 12.4.